The second kappa shape index (κ2) is 8.23. The van der Waals surface area contributed by atoms with E-state index >= 15 is 0 Å². The Morgan fingerprint density at radius 1 is 1.10 bits per heavy atom. The molecule has 0 aliphatic carbocycles. The highest BCUT2D eigenvalue weighted by molar-refractivity contribution is 7.15. The van der Waals surface area contributed by atoms with E-state index in [1.807, 2.05) is 4.90 Å². The van der Waals surface area contributed by atoms with E-state index in [4.69, 9.17) is 0 Å². The number of likely N-dealkylation sites (tertiary alicyclic amines) is 1. The minimum atomic E-state index is -0.327. The number of amides is 2. The second-order valence-corrected chi connectivity index (χ2v) is 9.22. The monoisotopic (exact) mass is 417 g/mol. The van der Waals surface area contributed by atoms with Gasteiger partial charge in [0, 0.05) is 57.0 Å². The molecule has 2 aliphatic heterocycles. The van der Waals surface area contributed by atoms with Crippen LogP contribution >= 0.6 is 11.3 Å². The topological polar surface area (TPSA) is 78.2 Å². The number of piperidine rings is 1. The zero-order chi connectivity index (χ0) is 20.5. The van der Waals surface area contributed by atoms with E-state index in [9.17, 15) is 14.4 Å². The van der Waals surface area contributed by atoms with Crippen LogP contribution in [-0.4, -0.2) is 81.7 Å². The molecule has 2 atom stereocenters. The maximum atomic E-state index is 12.8. The molecule has 0 bridgehead atoms. The summed E-state index contributed by atoms with van der Waals surface area (Å²) in [6, 6.07) is 0. The fourth-order valence-electron chi connectivity index (χ4n) is 4.41. The average molecular weight is 418 g/mol. The van der Waals surface area contributed by atoms with Crippen LogP contribution in [0.2, 0.25) is 0 Å². The number of carbonyl (C=O) groups is 2. The Balaban J connectivity index is 1.34. The predicted molar refractivity (Wildman–Crippen MR) is 111 cm³/mol. The Labute approximate surface area is 173 Å². The molecule has 4 heterocycles. The van der Waals surface area contributed by atoms with E-state index in [0.717, 1.165) is 13.1 Å². The molecule has 2 fully saturated rings. The Bertz CT molecular complexity index is 952. The maximum absolute atomic E-state index is 12.8. The summed E-state index contributed by atoms with van der Waals surface area (Å²) in [6.45, 7) is 8.74. The molecule has 4 rings (SSSR count). The van der Waals surface area contributed by atoms with Gasteiger partial charge in [0.1, 0.15) is 5.56 Å². The molecule has 2 amide bonds. The molecule has 2 saturated heterocycles. The van der Waals surface area contributed by atoms with Crippen molar-refractivity contribution < 1.29 is 9.59 Å². The van der Waals surface area contributed by atoms with E-state index < -0.39 is 0 Å². The molecule has 29 heavy (non-hydrogen) atoms. The standard InChI is InChI=1S/C20H27N5O3S/c1-14-9-15(2)12-24(11-14)17(26)13-22-3-5-23(6-4-22)18(27)16-10-21-20-25(19(16)28)7-8-29-20/h7-8,10,14-15H,3-6,9,11-13H2,1-2H3. The number of nitrogens with zero attached hydrogens (tertiary/aromatic N) is 5. The van der Waals surface area contributed by atoms with Crippen LogP contribution in [0.5, 0.6) is 0 Å². The van der Waals surface area contributed by atoms with E-state index in [2.05, 4.69) is 23.7 Å². The van der Waals surface area contributed by atoms with Crippen LogP contribution in [-0.2, 0) is 4.79 Å². The summed E-state index contributed by atoms with van der Waals surface area (Å²) >= 11 is 1.36. The molecule has 0 aromatic carbocycles. The smallest absolute Gasteiger partial charge is 0.271 e. The summed E-state index contributed by atoms with van der Waals surface area (Å²) in [7, 11) is 0. The number of fused-ring (bicyclic) bond motifs is 1. The Kier molecular flexibility index (Phi) is 5.69. The van der Waals surface area contributed by atoms with Crippen molar-refractivity contribution in [3.05, 3.63) is 33.7 Å². The molecular weight excluding hydrogens is 390 g/mol. The Morgan fingerprint density at radius 2 is 1.79 bits per heavy atom. The number of rotatable bonds is 3. The molecule has 2 aliphatic rings. The Morgan fingerprint density at radius 3 is 2.48 bits per heavy atom. The number of thiazole rings is 1. The van der Waals surface area contributed by atoms with Gasteiger partial charge in [-0.25, -0.2) is 4.98 Å². The molecular formula is C20H27N5O3S. The SMILES string of the molecule is CC1CC(C)CN(C(=O)CN2CCN(C(=O)c3cnc4sccn4c3=O)CC2)C1. The summed E-state index contributed by atoms with van der Waals surface area (Å²) < 4.78 is 1.41. The zero-order valence-corrected chi connectivity index (χ0v) is 17.7. The van der Waals surface area contributed by atoms with Gasteiger partial charge >= 0.3 is 0 Å². The van der Waals surface area contributed by atoms with Gasteiger partial charge in [-0.1, -0.05) is 13.8 Å². The van der Waals surface area contributed by atoms with Gasteiger partial charge in [-0.15, -0.1) is 11.3 Å². The number of hydrogen-bond donors (Lipinski definition) is 0. The van der Waals surface area contributed by atoms with Crippen molar-refractivity contribution >= 4 is 28.1 Å². The molecule has 2 aromatic heterocycles. The summed E-state index contributed by atoms with van der Waals surface area (Å²) in [5.41, 5.74) is -0.228. The first-order valence-electron chi connectivity index (χ1n) is 10.2. The van der Waals surface area contributed by atoms with Crippen LogP contribution in [0.25, 0.3) is 4.96 Å². The van der Waals surface area contributed by atoms with Crippen LogP contribution in [0.3, 0.4) is 0 Å². The third-order valence-electron chi connectivity index (χ3n) is 5.81. The van der Waals surface area contributed by atoms with Gasteiger partial charge in [-0.3, -0.25) is 23.7 Å². The lowest BCUT2D eigenvalue weighted by atomic mass is 9.92. The van der Waals surface area contributed by atoms with Crippen LogP contribution in [0.15, 0.2) is 22.6 Å². The summed E-state index contributed by atoms with van der Waals surface area (Å²) in [5, 5.41) is 1.78. The van der Waals surface area contributed by atoms with Crippen LogP contribution in [0.1, 0.15) is 30.6 Å². The molecule has 2 aromatic rings. The zero-order valence-electron chi connectivity index (χ0n) is 16.9. The minimum Gasteiger partial charge on any atom is -0.341 e. The maximum Gasteiger partial charge on any atom is 0.271 e. The van der Waals surface area contributed by atoms with Crippen molar-refractivity contribution in [1.82, 2.24) is 24.1 Å². The highest BCUT2D eigenvalue weighted by Gasteiger charge is 2.29. The number of carbonyl (C=O) groups excluding carboxylic acids is 2. The lowest BCUT2D eigenvalue weighted by molar-refractivity contribution is -0.135. The van der Waals surface area contributed by atoms with Crippen LogP contribution in [0.4, 0.5) is 0 Å². The van der Waals surface area contributed by atoms with Crippen molar-refractivity contribution in [2.45, 2.75) is 20.3 Å². The Hall–Kier alpha value is -2.26. The van der Waals surface area contributed by atoms with E-state index in [-0.39, 0.29) is 22.9 Å². The quantitative estimate of drug-likeness (QED) is 0.745. The fraction of sp³-hybridized carbons (Fsp3) is 0.600. The van der Waals surface area contributed by atoms with Gasteiger partial charge in [-0.05, 0) is 18.3 Å². The number of hydrogen-bond acceptors (Lipinski definition) is 6. The second-order valence-electron chi connectivity index (χ2n) is 8.35. The van der Waals surface area contributed by atoms with Crippen LogP contribution < -0.4 is 5.56 Å². The molecule has 156 valence electrons. The van der Waals surface area contributed by atoms with Crippen molar-refractivity contribution in [3.63, 3.8) is 0 Å². The van der Waals surface area contributed by atoms with Gasteiger partial charge in [0.05, 0.1) is 6.54 Å². The van der Waals surface area contributed by atoms with Gasteiger partial charge in [0.15, 0.2) is 4.96 Å². The lowest BCUT2D eigenvalue weighted by Gasteiger charge is -2.38. The molecule has 0 spiro atoms. The van der Waals surface area contributed by atoms with Crippen molar-refractivity contribution in [2.75, 3.05) is 45.8 Å². The van der Waals surface area contributed by atoms with E-state index in [1.54, 1.807) is 16.5 Å². The molecule has 2 unspecified atom stereocenters. The summed E-state index contributed by atoms with van der Waals surface area (Å²) in [5.74, 6) is 0.984. The third-order valence-corrected chi connectivity index (χ3v) is 6.58. The number of piperazine rings is 1. The minimum absolute atomic E-state index is 0.0988. The van der Waals surface area contributed by atoms with E-state index in [1.165, 1.54) is 28.4 Å². The fourth-order valence-corrected chi connectivity index (χ4v) is 5.08. The van der Waals surface area contributed by atoms with Gasteiger partial charge in [-0.2, -0.15) is 0 Å². The molecule has 9 heteroatoms. The van der Waals surface area contributed by atoms with E-state index in [0.29, 0.717) is 49.5 Å². The van der Waals surface area contributed by atoms with Gasteiger partial charge in [0.25, 0.3) is 11.5 Å². The molecule has 0 N–H and O–H groups in total. The molecule has 8 nitrogen and oxygen atoms in total. The average Bonchev–Trinajstić information content (AvgIpc) is 3.17. The first-order chi connectivity index (χ1) is 13.9. The lowest BCUT2D eigenvalue weighted by Crippen LogP contribution is -2.53. The highest BCUT2D eigenvalue weighted by atomic mass is 32.1. The summed E-state index contributed by atoms with van der Waals surface area (Å²) in [4.78, 5) is 48.6. The van der Waals surface area contributed by atoms with Crippen molar-refractivity contribution in [1.29, 1.82) is 0 Å². The first-order valence-corrected chi connectivity index (χ1v) is 11.0. The van der Waals surface area contributed by atoms with Crippen molar-refractivity contribution in [3.8, 4) is 0 Å². The normalized spacial score (nSPS) is 23.5. The predicted octanol–water partition coefficient (Wildman–Crippen LogP) is 1.02. The third kappa shape index (κ3) is 4.20. The highest BCUT2D eigenvalue weighted by Crippen LogP contribution is 2.21. The molecule has 0 radical (unpaired) electrons. The first kappa shape index (κ1) is 20.0. The number of aromatic nitrogens is 2. The van der Waals surface area contributed by atoms with Gasteiger partial charge in [0.2, 0.25) is 5.91 Å². The van der Waals surface area contributed by atoms with Gasteiger partial charge < -0.3 is 9.80 Å². The molecule has 0 saturated carbocycles. The van der Waals surface area contributed by atoms with Crippen molar-refractivity contribution in [2.24, 2.45) is 11.8 Å². The van der Waals surface area contributed by atoms with Crippen LogP contribution in [0, 0.1) is 11.8 Å². The largest absolute Gasteiger partial charge is 0.341 e. The summed E-state index contributed by atoms with van der Waals surface area (Å²) in [6.07, 6.45) is 4.19.